The number of carbonyl (C=O) groups excluding carboxylic acids is 1. The molecule has 1 atom stereocenters. The first kappa shape index (κ1) is 19.9. The summed E-state index contributed by atoms with van der Waals surface area (Å²) in [7, 11) is 0. The molecule has 0 aliphatic carbocycles. The Morgan fingerprint density at radius 1 is 1.35 bits per heavy atom. The molecule has 8 nitrogen and oxygen atoms in total. The second kappa shape index (κ2) is 6.99. The number of ether oxygens (including phenoxy) is 1. The molecule has 4 heterocycles. The average molecular weight is 447 g/mol. The summed E-state index contributed by atoms with van der Waals surface area (Å²) in [5.74, 6) is 0.352. The van der Waals surface area contributed by atoms with Gasteiger partial charge in [-0.15, -0.1) is 0 Å². The summed E-state index contributed by atoms with van der Waals surface area (Å²) in [5, 5.41) is 17.7. The number of hydrogen-bond donors (Lipinski definition) is 2. The van der Waals surface area contributed by atoms with E-state index in [0.29, 0.717) is 56.1 Å². The van der Waals surface area contributed by atoms with Gasteiger partial charge in [-0.05, 0) is 31.5 Å². The molecule has 3 aromatic rings. The molecule has 162 valence electrons. The topological polar surface area (TPSA) is 92.5 Å². The van der Waals surface area contributed by atoms with Gasteiger partial charge in [-0.1, -0.05) is 17.4 Å². The van der Waals surface area contributed by atoms with Crippen LogP contribution >= 0.6 is 11.3 Å². The monoisotopic (exact) mass is 447 g/mol. The van der Waals surface area contributed by atoms with Gasteiger partial charge in [0.15, 0.2) is 5.13 Å². The van der Waals surface area contributed by atoms with Crippen LogP contribution in [0.25, 0.3) is 11.1 Å². The molecule has 2 aromatic heterocycles. The molecule has 0 saturated carbocycles. The molecule has 2 aliphatic heterocycles. The van der Waals surface area contributed by atoms with Gasteiger partial charge in [-0.25, -0.2) is 9.67 Å². The van der Waals surface area contributed by atoms with Crippen molar-refractivity contribution in [1.82, 2.24) is 20.1 Å². The lowest BCUT2D eigenvalue weighted by molar-refractivity contribution is 0.0533. The Hall–Kier alpha value is -3.05. The van der Waals surface area contributed by atoms with Gasteiger partial charge in [0.2, 0.25) is 0 Å². The lowest BCUT2D eigenvalue weighted by Crippen LogP contribution is -2.51. The molecule has 31 heavy (non-hydrogen) atoms. The highest BCUT2D eigenvalue weighted by atomic mass is 32.1. The van der Waals surface area contributed by atoms with Crippen LogP contribution < -0.4 is 15.0 Å². The number of aromatic nitrogens is 3. The Labute approximate surface area is 180 Å². The number of nitrogens with one attached hydrogen (secondary N) is 1. The van der Waals surface area contributed by atoms with Gasteiger partial charge in [0, 0.05) is 11.8 Å². The number of aliphatic hydroxyl groups excluding tert-OH is 1. The Morgan fingerprint density at radius 3 is 2.90 bits per heavy atom. The van der Waals surface area contributed by atoms with Crippen molar-refractivity contribution in [2.24, 2.45) is 0 Å². The maximum absolute atomic E-state index is 12.9. The minimum atomic E-state index is -2.71. The van der Waals surface area contributed by atoms with E-state index in [1.54, 1.807) is 26.0 Å². The Bertz CT molecular complexity index is 1180. The van der Waals surface area contributed by atoms with Crippen LogP contribution in [-0.4, -0.2) is 44.5 Å². The fourth-order valence-electron chi connectivity index (χ4n) is 3.73. The molecule has 0 fully saturated rings. The van der Waals surface area contributed by atoms with Crippen LogP contribution in [0.2, 0.25) is 0 Å². The van der Waals surface area contributed by atoms with E-state index in [1.165, 1.54) is 23.7 Å². The molecule has 11 heteroatoms. The maximum atomic E-state index is 12.9. The first-order chi connectivity index (χ1) is 14.7. The summed E-state index contributed by atoms with van der Waals surface area (Å²) in [4.78, 5) is 19.4. The van der Waals surface area contributed by atoms with E-state index in [2.05, 4.69) is 15.4 Å². The van der Waals surface area contributed by atoms with Gasteiger partial charge < -0.3 is 20.1 Å². The van der Waals surface area contributed by atoms with E-state index >= 15 is 0 Å². The smallest absolute Gasteiger partial charge is 0.333 e. The molecule has 0 saturated heterocycles. The van der Waals surface area contributed by atoms with Crippen molar-refractivity contribution >= 4 is 28.1 Å². The maximum Gasteiger partial charge on any atom is 0.333 e. The fourth-order valence-corrected chi connectivity index (χ4v) is 4.76. The van der Waals surface area contributed by atoms with Crippen LogP contribution in [0.3, 0.4) is 0 Å². The van der Waals surface area contributed by atoms with Crippen molar-refractivity contribution in [3.8, 4) is 16.9 Å². The van der Waals surface area contributed by atoms with Gasteiger partial charge in [0.1, 0.15) is 23.3 Å². The number of rotatable bonds is 3. The summed E-state index contributed by atoms with van der Waals surface area (Å²) in [5.41, 5.74) is 1.48. The quantitative estimate of drug-likeness (QED) is 0.639. The highest BCUT2D eigenvalue weighted by molar-refractivity contribution is 7.17. The lowest BCUT2D eigenvalue weighted by Gasteiger charge is -2.34. The van der Waals surface area contributed by atoms with Gasteiger partial charge in [0.05, 0.1) is 29.7 Å². The minimum absolute atomic E-state index is 0.268. The minimum Gasteiger partial charge on any atom is -0.490 e. The van der Waals surface area contributed by atoms with Crippen molar-refractivity contribution in [1.29, 1.82) is 0 Å². The third-order valence-corrected chi connectivity index (χ3v) is 6.51. The van der Waals surface area contributed by atoms with Crippen molar-refractivity contribution in [3.05, 3.63) is 41.2 Å². The second-order valence-corrected chi connectivity index (χ2v) is 8.94. The molecular weight excluding hydrogens is 428 g/mol. The zero-order valence-electron chi connectivity index (χ0n) is 16.7. The van der Waals surface area contributed by atoms with Crippen molar-refractivity contribution < 1.29 is 23.4 Å². The van der Waals surface area contributed by atoms with E-state index in [9.17, 15) is 18.7 Å². The zero-order valence-corrected chi connectivity index (χ0v) is 17.5. The third kappa shape index (κ3) is 3.24. The normalized spacial score (nSPS) is 19.6. The lowest BCUT2D eigenvalue weighted by atomic mass is 9.91. The average Bonchev–Trinajstić information content (AvgIpc) is 3.39. The standard InChI is InChI=1S/C20H19F2N5O3S/c1-20(2)16(28)14-15(17(29)25-20)31-19(24-14)26-5-6-30-13-4-3-10(7-12(13)26)11-8-23-27(9-11)18(21)22/h3-4,7-9,16,18,28H,5-6H2,1-2H3,(H,25,29). The van der Waals surface area contributed by atoms with Gasteiger partial charge in [-0.2, -0.15) is 13.9 Å². The van der Waals surface area contributed by atoms with Crippen molar-refractivity contribution in [2.45, 2.75) is 32.0 Å². The largest absolute Gasteiger partial charge is 0.490 e. The molecule has 0 bridgehead atoms. The first-order valence-electron chi connectivity index (χ1n) is 9.63. The molecule has 1 aromatic carbocycles. The van der Waals surface area contributed by atoms with E-state index in [1.807, 2.05) is 11.0 Å². The van der Waals surface area contributed by atoms with Crippen molar-refractivity contribution in [2.75, 3.05) is 18.1 Å². The molecule has 1 unspecified atom stereocenters. The molecule has 5 rings (SSSR count). The molecule has 0 spiro atoms. The van der Waals surface area contributed by atoms with Crippen molar-refractivity contribution in [3.63, 3.8) is 0 Å². The molecular formula is C20H19F2N5O3S. The number of amides is 1. The number of halogens is 2. The number of aliphatic hydroxyl groups is 1. The Balaban J connectivity index is 1.55. The Kier molecular flexibility index (Phi) is 4.48. The predicted molar refractivity (Wildman–Crippen MR) is 110 cm³/mol. The number of nitrogens with zero attached hydrogens (tertiary/aromatic N) is 4. The Morgan fingerprint density at radius 2 is 2.16 bits per heavy atom. The summed E-state index contributed by atoms with van der Waals surface area (Å²) in [6.07, 6.45) is 1.73. The van der Waals surface area contributed by atoms with Crippen LogP contribution in [0, 0.1) is 0 Å². The predicted octanol–water partition coefficient (Wildman–Crippen LogP) is 3.49. The number of thiazole rings is 1. The number of anilines is 2. The highest BCUT2D eigenvalue weighted by Gasteiger charge is 2.42. The van der Waals surface area contributed by atoms with Gasteiger partial charge >= 0.3 is 6.55 Å². The first-order valence-corrected chi connectivity index (χ1v) is 10.4. The second-order valence-electron chi connectivity index (χ2n) is 7.96. The zero-order chi connectivity index (χ0) is 21.9. The van der Waals surface area contributed by atoms with E-state index < -0.39 is 18.2 Å². The molecule has 2 aliphatic rings. The summed E-state index contributed by atoms with van der Waals surface area (Å²) < 4.78 is 32.1. The van der Waals surface area contributed by atoms with Gasteiger partial charge in [-0.3, -0.25) is 4.79 Å². The van der Waals surface area contributed by atoms with Gasteiger partial charge in [0.25, 0.3) is 5.91 Å². The molecule has 1 amide bonds. The van der Waals surface area contributed by atoms with Crippen LogP contribution in [0.4, 0.5) is 19.6 Å². The highest BCUT2D eigenvalue weighted by Crippen LogP contribution is 2.44. The van der Waals surface area contributed by atoms with E-state index in [-0.39, 0.29) is 5.91 Å². The molecule has 0 radical (unpaired) electrons. The molecule has 2 N–H and O–H groups in total. The summed E-state index contributed by atoms with van der Waals surface area (Å²) in [6, 6.07) is 5.37. The summed E-state index contributed by atoms with van der Waals surface area (Å²) in [6.45, 7) is 1.68. The van der Waals surface area contributed by atoms with E-state index in [4.69, 9.17) is 4.74 Å². The third-order valence-electron chi connectivity index (χ3n) is 5.41. The van der Waals surface area contributed by atoms with Crippen LogP contribution in [-0.2, 0) is 0 Å². The van der Waals surface area contributed by atoms with Crippen LogP contribution in [0.5, 0.6) is 5.75 Å². The number of benzene rings is 1. The number of alkyl halides is 2. The number of hydrogen-bond acceptors (Lipinski definition) is 7. The fraction of sp³-hybridized carbons (Fsp3) is 0.350. The van der Waals surface area contributed by atoms with E-state index in [0.717, 1.165) is 0 Å². The summed E-state index contributed by atoms with van der Waals surface area (Å²) >= 11 is 1.20. The SMILES string of the molecule is CC1(C)NC(=O)c2sc(N3CCOc4ccc(-c5cnn(C(F)F)c5)cc43)nc2C1O. The van der Waals surface area contributed by atoms with Crippen LogP contribution in [0.15, 0.2) is 30.6 Å². The number of fused-ring (bicyclic) bond motifs is 2. The van der Waals surface area contributed by atoms with Crippen LogP contribution in [0.1, 0.15) is 41.9 Å². The number of carbonyl (C=O) groups is 1.